The topological polar surface area (TPSA) is 62.3 Å². The molecule has 0 radical (unpaired) electrons. The Morgan fingerprint density at radius 2 is 1.91 bits per heavy atom. The number of carbonyl (C=O) groups is 2. The summed E-state index contributed by atoms with van der Waals surface area (Å²) in [6, 6.07) is 11.4. The van der Waals surface area contributed by atoms with Crippen LogP contribution in [-0.4, -0.2) is 23.3 Å². The van der Waals surface area contributed by atoms with E-state index in [1.807, 2.05) is 24.3 Å². The first-order chi connectivity index (χ1) is 11.2. The minimum absolute atomic E-state index is 0.0101. The van der Waals surface area contributed by atoms with Crippen LogP contribution < -0.4 is 10.2 Å². The van der Waals surface area contributed by atoms with Crippen LogP contribution >= 0.6 is 0 Å². The maximum absolute atomic E-state index is 12.3. The molecule has 0 aliphatic carbocycles. The molecule has 118 valence electrons. The molecule has 2 aromatic rings. The number of carbonyl (C=O) groups excluding carboxylic acids is 2. The van der Waals surface area contributed by atoms with E-state index in [4.69, 9.17) is 0 Å². The molecular weight excluding hydrogens is 290 g/mol. The Hall–Kier alpha value is -2.69. The summed E-state index contributed by atoms with van der Waals surface area (Å²) in [5, 5.41) is 2.84. The van der Waals surface area contributed by atoms with Gasteiger partial charge in [-0.15, -0.1) is 0 Å². The maximum Gasteiger partial charge on any atom is 0.229 e. The van der Waals surface area contributed by atoms with E-state index in [1.165, 1.54) is 5.56 Å². The number of nitrogens with one attached hydrogen (secondary N) is 1. The van der Waals surface area contributed by atoms with Crippen LogP contribution in [0, 0.1) is 5.92 Å². The largest absolute Gasteiger partial charge is 0.326 e. The SMILES string of the molecule is CCc1ccc(N2C[C@H](C(=O)Nc3ccncc3)CC2=O)cc1. The van der Waals surface area contributed by atoms with Crippen LogP contribution in [0.3, 0.4) is 0 Å². The van der Waals surface area contributed by atoms with Gasteiger partial charge < -0.3 is 10.2 Å². The molecule has 5 nitrogen and oxygen atoms in total. The van der Waals surface area contributed by atoms with Gasteiger partial charge in [-0.05, 0) is 36.2 Å². The quantitative estimate of drug-likeness (QED) is 0.944. The number of benzene rings is 1. The standard InChI is InChI=1S/C18H19N3O2/c1-2-13-3-5-16(6-4-13)21-12-14(11-17(21)22)18(23)20-15-7-9-19-10-8-15/h3-10,14H,2,11-12H2,1H3,(H,19,20,23)/t14-/m1/s1. The molecule has 2 amide bonds. The lowest BCUT2D eigenvalue weighted by molar-refractivity contribution is -0.122. The summed E-state index contributed by atoms with van der Waals surface area (Å²) in [7, 11) is 0. The molecule has 3 rings (SSSR count). The number of aryl methyl sites for hydroxylation is 1. The Morgan fingerprint density at radius 1 is 1.22 bits per heavy atom. The van der Waals surface area contributed by atoms with Gasteiger partial charge in [0.25, 0.3) is 0 Å². The van der Waals surface area contributed by atoms with Crippen molar-refractivity contribution in [3.8, 4) is 0 Å². The minimum Gasteiger partial charge on any atom is -0.326 e. The number of nitrogens with zero attached hydrogens (tertiary/aromatic N) is 2. The molecule has 2 heterocycles. The van der Waals surface area contributed by atoms with E-state index in [9.17, 15) is 9.59 Å². The van der Waals surface area contributed by atoms with Crippen molar-refractivity contribution in [2.24, 2.45) is 5.92 Å². The van der Waals surface area contributed by atoms with Crippen molar-refractivity contribution in [3.05, 3.63) is 54.4 Å². The number of pyridine rings is 1. The highest BCUT2D eigenvalue weighted by atomic mass is 16.2. The predicted octanol–water partition coefficient (Wildman–Crippen LogP) is 2.64. The van der Waals surface area contributed by atoms with Crippen molar-refractivity contribution in [3.63, 3.8) is 0 Å². The molecular formula is C18H19N3O2. The van der Waals surface area contributed by atoms with E-state index < -0.39 is 0 Å². The van der Waals surface area contributed by atoms with Gasteiger partial charge in [0, 0.05) is 36.7 Å². The van der Waals surface area contributed by atoms with E-state index >= 15 is 0 Å². The molecule has 23 heavy (non-hydrogen) atoms. The lowest BCUT2D eigenvalue weighted by Crippen LogP contribution is -2.28. The number of aromatic nitrogens is 1. The third-order valence-corrected chi connectivity index (χ3v) is 4.10. The van der Waals surface area contributed by atoms with Crippen LogP contribution in [0.15, 0.2) is 48.8 Å². The summed E-state index contributed by atoms with van der Waals surface area (Å²) in [4.78, 5) is 30.2. The molecule has 1 aliphatic rings. The predicted molar refractivity (Wildman–Crippen MR) is 89.1 cm³/mol. The summed E-state index contributed by atoms with van der Waals surface area (Å²) < 4.78 is 0. The smallest absolute Gasteiger partial charge is 0.229 e. The van der Waals surface area contributed by atoms with Crippen LogP contribution in [-0.2, 0) is 16.0 Å². The van der Waals surface area contributed by atoms with Gasteiger partial charge in [-0.1, -0.05) is 19.1 Å². The summed E-state index contributed by atoms with van der Waals surface area (Å²) in [6.07, 6.45) is 4.45. The summed E-state index contributed by atoms with van der Waals surface area (Å²) in [6.45, 7) is 2.51. The van der Waals surface area contributed by atoms with Crippen LogP contribution in [0.4, 0.5) is 11.4 Å². The normalized spacial score (nSPS) is 17.3. The second-order valence-electron chi connectivity index (χ2n) is 5.65. The number of amides is 2. The van der Waals surface area contributed by atoms with Gasteiger partial charge in [-0.2, -0.15) is 0 Å². The monoisotopic (exact) mass is 309 g/mol. The maximum atomic E-state index is 12.3. The zero-order valence-electron chi connectivity index (χ0n) is 13.0. The molecule has 1 aromatic heterocycles. The van der Waals surface area contributed by atoms with Gasteiger partial charge in [0.05, 0.1) is 5.92 Å². The molecule has 0 unspecified atom stereocenters. The van der Waals surface area contributed by atoms with Gasteiger partial charge in [-0.3, -0.25) is 14.6 Å². The van der Waals surface area contributed by atoms with Crippen molar-refractivity contribution in [2.75, 3.05) is 16.8 Å². The van der Waals surface area contributed by atoms with E-state index in [2.05, 4.69) is 17.2 Å². The van der Waals surface area contributed by atoms with Crippen LogP contribution in [0.5, 0.6) is 0 Å². The first-order valence-corrected chi connectivity index (χ1v) is 7.77. The van der Waals surface area contributed by atoms with E-state index in [1.54, 1.807) is 29.4 Å². The van der Waals surface area contributed by atoms with Crippen molar-refractivity contribution in [1.82, 2.24) is 4.98 Å². The lowest BCUT2D eigenvalue weighted by Gasteiger charge is -2.17. The average Bonchev–Trinajstić information content (AvgIpc) is 2.98. The summed E-state index contributed by atoms with van der Waals surface area (Å²) in [5.74, 6) is -0.470. The molecule has 0 bridgehead atoms. The van der Waals surface area contributed by atoms with E-state index in [0.29, 0.717) is 12.2 Å². The Balaban J connectivity index is 1.67. The van der Waals surface area contributed by atoms with Crippen molar-refractivity contribution >= 4 is 23.2 Å². The number of rotatable bonds is 4. The van der Waals surface area contributed by atoms with Gasteiger partial charge >= 0.3 is 0 Å². The third kappa shape index (κ3) is 3.39. The molecule has 0 saturated carbocycles. The zero-order chi connectivity index (χ0) is 16.2. The van der Waals surface area contributed by atoms with Gasteiger partial charge in [0.15, 0.2) is 0 Å². The van der Waals surface area contributed by atoms with Gasteiger partial charge in [0.2, 0.25) is 11.8 Å². The van der Waals surface area contributed by atoms with Crippen molar-refractivity contribution in [2.45, 2.75) is 19.8 Å². The summed E-state index contributed by atoms with van der Waals surface area (Å²) >= 11 is 0. The molecule has 1 atom stereocenters. The van der Waals surface area contributed by atoms with Crippen LogP contribution in [0.1, 0.15) is 18.9 Å². The van der Waals surface area contributed by atoms with Gasteiger partial charge in [-0.25, -0.2) is 0 Å². The van der Waals surface area contributed by atoms with Gasteiger partial charge in [0.1, 0.15) is 0 Å². The molecule has 1 aliphatic heterocycles. The molecule has 1 saturated heterocycles. The molecule has 1 N–H and O–H groups in total. The Bertz CT molecular complexity index is 698. The Kier molecular flexibility index (Phi) is 4.37. The van der Waals surface area contributed by atoms with E-state index in [0.717, 1.165) is 12.1 Å². The van der Waals surface area contributed by atoms with Crippen LogP contribution in [0.2, 0.25) is 0 Å². The third-order valence-electron chi connectivity index (χ3n) is 4.10. The fourth-order valence-electron chi connectivity index (χ4n) is 2.72. The second kappa shape index (κ2) is 6.60. The highest BCUT2D eigenvalue weighted by molar-refractivity contribution is 6.03. The first-order valence-electron chi connectivity index (χ1n) is 7.77. The molecule has 1 aromatic carbocycles. The average molecular weight is 309 g/mol. The number of anilines is 2. The Labute approximate surface area is 135 Å². The molecule has 0 spiro atoms. The molecule has 1 fully saturated rings. The van der Waals surface area contributed by atoms with Crippen LogP contribution in [0.25, 0.3) is 0 Å². The zero-order valence-corrected chi connectivity index (χ0v) is 13.0. The number of hydrogen-bond donors (Lipinski definition) is 1. The summed E-state index contributed by atoms with van der Waals surface area (Å²) in [5.41, 5.74) is 2.78. The second-order valence-corrected chi connectivity index (χ2v) is 5.65. The molecule has 5 heteroatoms. The fraction of sp³-hybridized carbons (Fsp3) is 0.278. The minimum atomic E-state index is -0.332. The van der Waals surface area contributed by atoms with Crippen molar-refractivity contribution in [1.29, 1.82) is 0 Å². The van der Waals surface area contributed by atoms with E-state index in [-0.39, 0.29) is 24.2 Å². The highest BCUT2D eigenvalue weighted by Gasteiger charge is 2.35. The van der Waals surface area contributed by atoms with Crippen molar-refractivity contribution < 1.29 is 9.59 Å². The lowest BCUT2D eigenvalue weighted by atomic mass is 10.1. The first kappa shape index (κ1) is 15.2. The highest BCUT2D eigenvalue weighted by Crippen LogP contribution is 2.26. The number of hydrogen-bond acceptors (Lipinski definition) is 3. The Morgan fingerprint density at radius 3 is 2.57 bits per heavy atom. The fourth-order valence-corrected chi connectivity index (χ4v) is 2.72.